The van der Waals surface area contributed by atoms with Gasteiger partial charge in [0.25, 0.3) is 5.91 Å². The van der Waals surface area contributed by atoms with E-state index in [1.807, 2.05) is 19.1 Å². The first-order chi connectivity index (χ1) is 9.74. The molecule has 0 N–H and O–H groups in total. The number of anilines is 1. The summed E-state index contributed by atoms with van der Waals surface area (Å²) >= 11 is 0. The normalized spacial score (nSPS) is 12.8. The van der Waals surface area contributed by atoms with Gasteiger partial charge in [0.2, 0.25) is 0 Å². The maximum atomic E-state index is 12.6. The number of ether oxygens (including phenoxy) is 1. The van der Waals surface area contributed by atoms with E-state index in [4.69, 9.17) is 10.00 Å². The van der Waals surface area contributed by atoms with E-state index in [-0.39, 0.29) is 5.91 Å². The summed E-state index contributed by atoms with van der Waals surface area (Å²) < 4.78 is 5.83. The van der Waals surface area contributed by atoms with Gasteiger partial charge in [-0.25, -0.2) is 0 Å². The van der Waals surface area contributed by atoms with E-state index in [1.54, 1.807) is 35.2 Å². The first-order valence-electron chi connectivity index (χ1n) is 6.37. The van der Waals surface area contributed by atoms with Crippen molar-refractivity contribution in [3.8, 4) is 17.6 Å². The Bertz CT molecular complexity index is 731. The molecule has 0 bridgehead atoms. The average Bonchev–Trinajstić information content (AvgIpc) is 2.60. The number of amides is 1. The van der Waals surface area contributed by atoms with Gasteiger partial charge >= 0.3 is 0 Å². The van der Waals surface area contributed by atoms with Crippen LogP contribution in [0.2, 0.25) is 0 Å². The zero-order valence-electron chi connectivity index (χ0n) is 11.0. The van der Waals surface area contributed by atoms with E-state index < -0.39 is 0 Å². The lowest BCUT2D eigenvalue weighted by Gasteiger charge is -2.20. The number of carbonyl (C=O) groups excluding carboxylic acids is 1. The quantitative estimate of drug-likeness (QED) is 0.793. The number of nitriles is 1. The molecule has 4 heteroatoms. The van der Waals surface area contributed by atoms with Gasteiger partial charge in [0.15, 0.2) is 5.75 Å². The maximum Gasteiger partial charge on any atom is 0.262 e. The lowest BCUT2D eigenvalue weighted by molar-refractivity contribution is 0.0988. The molecule has 1 heterocycles. The molecule has 0 fully saturated rings. The van der Waals surface area contributed by atoms with E-state index in [1.165, 1.54) is 0 Å². The fraction of sp³-hybridized carbons (Fsp3) is 0.125. The standard InChI is InChI=1S/C16H12N2O2/c1-2-18-13-8-7-11(10-17)9-15(13)20-14-6-4-3-5-12(14)16(18)19/h3-9H,2H2,1H3. The number of hydrogen-bond acceptors (Lipinski definition) is 3. The second-order valence-corrected chi connectivity index (χ2v) is 4.44. The molecule has 98 valence electrons. The monoisotopic (exact) mass is 264 g/mol. The van der Waals surface area contributed by atoms with E-state index in [0.29, 0.717) is 34.9 Å². The highest BCUT2D eigenvalue weighted by atomic mass is 16.5. The maximum absolute atomic E-state index is 12.6. The van der Waals surface area contributed by atoms with Crippen LogP contribution in [0.1, 0.15) is 22.8 Å². The summed E-state index contributed by atoms with van der Waals surface area (Å²) in [4.78, 5) is 14.2. The molecule has 0 radical (unpaired) electrons. The van der Waals surface area contributed by atoms with Crippen LogP contribution in [0.5, 0.6) is 11.5 Å². The number of para-hydroxylation sites is 1. The summed E-state index contributed by atoms with van der Waals surface area (Å²) in [6, 6.07) is 14.3. The van der Waals surface area contributed by atoms with Crippen LogP contribution in [0.15, 0.2) is 42.5 Å². The average molecular weight is 264 g/mol. The molecule has 0 atom stereocenters. The zero-order valence-corrected chi connectivity index (χ0v) is 11.0. The van der Waals surface area contributed by atoms with Crippen molar-refractivity contribution in [1.29, 1.82) is 5.26 Å². The molecule has 4 nitrogen and oxygen atoms in total. The van der Waals surface area contributed by atoms with Gasteiger partial charge in [0.05, 0.1) is 22.9 Å². The van der Waals surface area contributed by atoms with Crippen molar-refractivity contribution in [3.05, 3.63) is 53.6 Å². The third-order valence-electron chi connectivity index (χ3n) is 3.28. The number of nitrogens with zero attached hydrogens (tertiary/aromatic N) is 2. The fourth-order valence-corrected chi connectivity index (χ4v) is 2.31. The Labute approximate surface area is 116 Å². The second-order valence-electron chi connectivity index (χ2n) is 4.44. The highest BCUT2D eigenvalue weighted by Gasteiger charge is 2.26. The lowest BCUT2D eigenvalue weighted by atomic mass is 10.1. The minimum atomic E-state index is -0.0912. The summed E-state index contributed by atoms with van der Waals surface area (Å²) in [5, 5.41) is 8.99. The van der Waals surface area contributed by atoms with E-state index in [9.17, 15) is 4.79 Å². The van der Waals surface area contributed by atoms with Crippen LogP contribution >= 0.6 is 0 Å². The summed E-state index contributed by atoms with van der Waals surface area (Å²) in [7, 11) is 0. The van der Waals surface area contributed by atoms with Crippen LogP contribution in [-0.4, -0.2) is 12.5 Å². The Morgan fingerprint density at radius 3 is 2.75 bits per heavy atom. The summed E-state index contributed by atoms with van der Waals surface area (Å²) in [6.45, 7) is 2.45. The van der Waals surface area contributed by atoms with Gasteiger partial charge < -0.3 is 9.64 Å². The van der Waals surface area contributed by atoms with E-state index >= 15 is 0 Å². The van der Waals surface area contributed by atoms with Crippen LogP contribution in [0, 0.1) is 11.3 Å². The third kappa shape index (κ3) is 1.81. The van der Waals surface area contributed by atoms with Crippen molar-refractivity contribution in [2.75, 3.05) is 11.4 Å². The number of carbonyl (C=O) groups is 1. The molecule has 0 aromatic heterocycles. The van der Waals surface area contributed by atoms with Gasteiger partial charge in [0.1, 0.15) is 5.75 Å². The van der Waals surface area contributed by atoms with Crippen LogP contribution < -0.4 is 9.64 Å². The van der Waals surface area contributed by atoms with Gasteiger partial charge in [-0.3, -0.25) is 4.79 Å². The van der Waals surface area contributed by atoms with E-state index in [0.717, 1.165) is 0 Å². The smallest absolute Gasteiger partial charge is 0.262 e. The molecular formula is C16H12N2O2. The summed E-state index contributed by atoms with van der Waals surface area (Å²) in [5.74, 6) is 0.959. The minimum absolute atomic E-state index is 0.0912. The first-order valence-corrected chi connectivity index (χ1v) is 6.37. The largest absolute Gasteiger partial charge is 0.454 e. The molecule has 0 spiro atoms. The van der Waals surface area contributed by atoms with Crippen molar-refractivity contribution in [3.63, 3.8) is 0 Å². The Balaban J connectivity index is 2.23. The SMILES string of the molecule is CCN1C(=O)c2ccccc2Oc2cc(C#N)ccc21. The van der Waals surface area contributed by atoms with Crippen LogP contribution in [0.25, 0.3) is 0 Å². The second kappa shape index (κ2) is 4.71. The topological polar surface area (TPSA) is 53.3 Å². The fourth-order valence-electron chi connectivity index (χ4n) is 2.31. The van der Waals surface area contributed by atoms with Gasteiger partial charge in [-0.1, -0.05) is 12.1 Å². The Hall–Kier alpha value is -2.80. The van der Waals surface area contributed by atoms with Gasteiger partial charge in [-0.05, 0) is 31.2 Å². The molecule has 3 rings (SSSR count). The molecule has 0 saturated heterocycles. The zero-order chi connectivity index (χ0) is 14.1. The highest BCUT2D eigenvalue weighted by Crippen LogP contribution is 2.39. The molecule has 2 aromatic rings. The molecule has 0 saturated carbocycles. The Kier molecular flexibility index (Phi) is 2.88. The molecular weight excluding hydrogens is 252 g/mol. The van der Waals surface area contributed by atoms with Gasteiger partial charge in [-0.15, -0.1) is 0 Å². The van der Waals surface area contributed by atoms with Crippen molar-refractivity contribution in [2.45, 2.75) is 6.92 Å². The highest BCUT2D eigenvalue weighted by molar-refractivity contribution is 6.09. The van der Waals surface area contributed by atoms with Crippen molar-refractivity contribution in [1.82, 2.24) is 0 Å². The van der Waals surface area contributed by atoms with Gasteiger partial charge in [0, 0.05) is 12.6 Å². The molecule has 1 aliphatic heterocycles. The lowest BCUT2D eigenvalue weighted by Crippen LogP contribution is -2.29. The van der Waals surface area contributed by atoms with E-state index in [2.05, 4.69) is 6.07 Å². The van der Waals surface area contributed by atoms with Crippen LogP contribution in [-0.2, 0) is 0 Å². The van der Waals surface area contributed by atoms with Crippen molar-refractivity contribution in [2.24, 2.45) is 0 Å². The molecule has 1 amide bonds. The Morgan fingerprint density at radius 2 is 2.00 bits per heavy atom. The number of rotatable bonds is 1. The number of hydrogen-bond donors (Lipinski definition) is 0. The summed E-state index contributed by atoms with van der Waals surface area (Å²) in [5.41, 5.74) is 1.73. The van der Waals surface area contributed by atoms with Crippen LogP contribution in [0.4, 0.5) is 5.69 Å². The van der Waals surface area contributed by atoms with Crippen LogP contribution in [0.3, 0.4) is 0 Å². The first kappa shape index (κ1) is 12.2. The number of fused-ring (bicyclic) bond motifs is 2. The molecule has 1 aliphatic rings. The predicted molar refractivity (Wildman–Crippen MR) is 75.0 cm³/mol. The summed E-state index contributed by atoms with van der Waals surface area (Å²) in [6.07, 6.45) is 0. The predicted octanol–water partition coefficient (Wildman–Crippen LogP) is 3.33. The van der Waals surface area contributed by atoms with Crippen molar-refractivity contribution >= 4 is 11.6 Å². The molecule has 20 heavy (non-hydrogen) atoms. The molecule has 2 aromatic carbocycles. The third-order valence-corrected chi connectivity index (χ3v) is 3.28. The molecule has 0 unspecified atom stereocenters. The number of benzene rings is 2. The molecule has 0 aliphatic carbocycles. The Morgan fingerprint density at radius 1 is 1.20 bits per heavy atom. The van der Waals surface area contributed by atoms with Gasteiger partial charge in [-0.2, -0.15) is 5.26 Å². The van der Waals surface area contributed by atoms with Crippen molar-refractivity contribution < 1.29 is 9.53 Å². The minimum Gasteiger partial charge on any atom is -0.454 e.